The smallest absolute Gasteiger partial charge is 0.140 e. The van der Waals surface area contributed by atoms with E-state index >= 15 is 0 Å². The molecule has 4 atom stereocenters. The molecule has 4 bridgehead atoms. The van der Waals surface area contributed by atoms with Crippen LogP contribution in [0.15, 0.2) is 0 Å². The molecule has 0 saturated heterocycles. The van der Waals surface area contributed by atoms with E-state index in [1.165, 1.54) is 0 Å². The van der Waals surface area contributed by atoms with Crippen LogP contribution in [0.2, 0.25) is 0 Å². The Hall–Kier alpha value is -0.660. The van der Waals surface area contributed by atoms with Crippen LogP contribution in [-0.4, -0.2) is 11.6 Å². The summed E-state index contributed by atoms with van der Waals surface area (Å²) in [5.41, 5.74) is 0. The summed E-state index contributed by atoms with van der Waals surface area (Å²) in [4.78, 5) is 23.5. The predicted molar refractivity (Wildman–Crippen MR) is 47.1 cm³/mol. The standard InChI is InChI=1S/C11H14O2/c12-9-3-1-2-7-6-4-5-8(10(6)9)11(7)13/h6-8,10H,1-5H2. The first-order valence-electron chi connectivity index (χ1n) is 5.35. The molecule has 0 aromatic heterocycles. The van der Waals surface area contributed by atoms with Crippen molar-refractivity contribution in [2.24, 2.45) is 23.7 Å². The highest BCUT2D eigenvalue weighted by Crippen LogP contribution is 2.54. The largest absolute Gasteiger partial charge is 0.299 e. The van der Waals surface area contributed by atoms with Crippen molar-refractivity contribution in [2.75, 3.05) is 0 Å². The normalized spacial score (nSPS) is 48.3. The minimum absolute atomic E-state index is 0.141. The van der Waals surface area contributed by atoms with Crippen molar-refractivity contribution >= 4 is 11.6 Å². The lowest BCUT2D eigenvalue weighted by Gasteiger charge is -2.18. The van der Waals surface area contributed by atoms with Crippen LogP contribution in [-0.2, 0) is 9.59 Å². The van der Waals surface area contributed by atoms with Gasteiger partial charge in [0.25, 0.3) is 0 Å². The maximum Gasteiger partial charge on any atom is 0.140 e. The molecule has 2 heteroatoms. The molecule has 3 aliphatic rings. The van der Waals surface area contributed by atoms with Gasteiger partial charge >= 0.3 is 0 Å². The molecule has 0 spiro atoms. The first-order valence-corrected chi connectivity index (χ1v) is 5.35. The Morgan fingerprint density at radius 3 is 2.69 bits per heavy atom. The lowest BCUT2D eigenvalue weighted by molar-refractivity contribution is -0.130. The Morgan fingerprint density at radius 2 is 1.85 bits per heavy atom. The van der Waals surface area contributed by atoms with Crippen molar-refractivity contribution < 1.29 is 9.59 Å². The molecule has 3 saturated carbocycles. The fourth-order valence-electron chi connectivity index (χ4n) is 3.77. The van der Waals surface area contributed by atoms with Gasteiger partial charge in [0.05, 0.1) is 0 Å². The highest BCUT2D eigenvalue weighted by Gasteiger charge is 2.56. The summed E-state index contributed by atoms with van der Waals surface area (Å²) >= 11 is 0. The second-order valence-corrected chi connectivity index (χ2v) is 4.74. The van der Waals surface area contributed by atoms with Gasteiger partial charge in [0.15, 0.2) is 0 Å². The number of hydrogen-bond donors (Lipinski definition) is 0. The van der Waals surface area contributed by atoms with Gasteiger partial charge in [0.2, 0.25) is 0 Å². The summed E-state index contributed by atoms with van der Waals surface area (Å²) in [6.45, 7) is 0. The zero-order valence-corrected chi connectivity index (χ0v) is 7.66. The molecule has 4 unspecified atom stereocenters. The Bertz CT molecular complexity index is 282. The molecule has 0 N–H and O–H groups in total. The maximum atomic E-state index is 11.8. The van der Waals surface area contributed by atoms with E-state index in [9.17, 15) is 9.59 Å². The van der Waals surface area contributed by atoms with E-state index in [-0.39, 0.29) is 17.8 Å². The molecule has 2 nitrogen and oxygen atoms in total. The highest BCUT2D eigenvalue weighted by atomic mass is 16.1. The molecule has 0 heterocycles. The van der Waals surface area contributed by atoms with Crippen LogP contribution in [0.5, 0.6) is 0 Å². The number of Topliss-reactive ketones (excluding diaryl/α,β-unsaturated/α-hetero) is 2. The zero-order chi connectivity index (χ0) is 9.00. The summed E-state index contributed by atoms with van der Waals surface area (Å²) < 4.78 is 0. The average Bonchev–Trinajstić information content (AvgIpc) is 2.57. The lowest BCUT2D eigenvalue weighted by atomic mass is 9.85. The molecule has 0 aromatic rings. The van der Waals surface area contributed by atoms with E-state index in [4.69, 9.17) is 0 Å². The molecule has 3 rings (SSSR count). The van der Waals surface area contributed by atoms with Gasteiger partial charge in [0, 0.05) is 24.2 Å². The fourth-order valence-corrected chi connectivity index (χ4v) is 3.77. The molecule has 0 aliphatic heterocycles. The molecule has 0 radical (unpaired) electrons. The minimum Gasteiger partial charge on any atom is -0.299 e. The number of ketones is 2. The molecule has 3 aliphatic carbocycles. The summed E-state index contributed by atoms with van der Waals surface area (Å²) in [6, 6.07) is 0. The second-order valence-electron chi connectivity index (χ2n) is 4.74. The quantitative estimate of drug-likeness (QED) is 0.564. The Kier molecular flexibility index (Phi) is 1.44. The molecule has 70 valence electrons. The van der Waals surface area contributed by atoms with E-state index < -0.39 is 0 Å². The molecular formula is C11H14O2. The van der Waals surface area contributed by atoms with Crippen molar-refractivity contribution in [3.63, 3.8) is 0 Å². The van der Waals surface area contributed by atoms with Crippen molar-refractivity contribution in [3.8, 4) is 0 Å². The third-order valence-electron chi connectivity index (χ3n) is 4.26. The monoisotopic (exact) mass is 178 g/mol. The number of carbonyl (C=O) groups excluding carboxylic acids is 2. The van der Waals surface area contributed by atoms with Gasteiger partial charge in [-0.05, 0) is 31.6 Å². The van der Waals surface area contributed by atoms with E-state index in [1.807, 2.05) is 0 Å². The van der Waals surface area contributed by atoms with E-state index in [2.05, 4.69) is 0 Å². The topological polar surface area (TPSA) is 34.1 Å². The van der Waals surface area contributed by atoms with Crippen LogP contribution in [0.3, 0.4) is 0 Å². The van der Waals surface area contributed by atoms with Crippen LogP contribution < -0.4 is 0 Å². The van der Waals surface area contributed by atoms with E-state index in [0.29, 0.717) is 17.5 Å². The summed E-state index contributed by atoms with van der Waals surface area (Å²) in [5, 5.41) is 0. The molecule has 0 aromatic carbocycles. The van der Waals surface area contributed by atoms with Gasteiger partial charge in [0.1, 0.15) is 11.6 Å². The minimum atomic E-state index is 0.141. The molecule has 0 amide bonds. The summed E-state index contributed by atoms with van der Waals surface area (Å²) in [5.74, 6) is 1.83. The highest BCUT2D eigenvalue weighted by molar-refractivity contribution is 5.96. The summed E-state index contributed by atoms with van der Waals surface area (Å²) in [6.07, 6.45) is 4.81. The Balaban J connectivity index is 2.03. The first-order chi connectivity index (χ1) is 6.29. The van der Waals surface area contributed by atoms with Crippen LogP contribution in [0.1, 0.15) is 32.1 Å². The van der Waals surface area contributed by atoms with Crippen molar-refractivity contribution in [2.45, 2.75) is 32.1 Å². The van der Waals surface area contributed by atoms with Gasteiger partial charge in [-0.1, -0.05) is 0 Å². The lowest BCUT2D eigenvalue weighted by Crippen LogP contribution is -2.23. The third kappa shape index (κ3) is 0.839. The van der Waals surface area contributed by atoms with Crippen LogP contribution in [0.4, 0.5) is 0 Å². The van der Waals surface area contributed by atoms with Crippen molar-refractivity contribution in [3.05, 3.63) is 0 Å². The molecule has 3 fully saturated rings. The maximum absolute atomic E-state index is 11.8. The summed E-state index contributed by atoms with van der Waals surface area (Å²) in [7, 11) is 0. The van der Waals surface area contributed by atoms with E-state index in [1.54, 1.807) is 0 Å². The number of hydrogen-bond acceptors (Lipinski definition) is 2. The van der Waals surface area contributed by atoms with Gasteiger partial charge < -0.3 is 0 Å². The average molecular weight is 178 g/mol. The van der Waals surface area contributed by atoms with Gasteiger partial charge in [-0.2, -0.15) is 0 Å². The van der Waals surface area contributed by atoms with Crippen LogP contribution in [0.25, 0.3) is 0 Å². The van der Waals surface area contributed by atoms with Gasteiger partial charge in [-0.3, -0.25) is 9.59 Å². The van der Waals surface area contributed by atoms with Crippen molar-refractivity contribution in [1.29, 1.82) is 0 Å². The van der Waals surface area contributed by atoms with E-state index in [0.717, 1.165) is 32.1 Å². The molecular weight excluding hydrogens is 164 g/mol. The second kappa shape index (κ2) is 2.43. The zero-order valence-electron chi connectivity index (χ0n) is 7.66. The third-order valence-corrected chi connectivity index (χ3v) is 4.26. The fraction of sp³-hybridized carbons (Fsp3) is 0.818. The van der Waals surface area contributed by atoms with Crippen molar-refractivity contribution in [1.82, 2.24) is 0 Å². The van der Waals surface area contributed by atoms with Crippen LogP contribution >= 0.6 is 0 Å². The first kappa shape index (κ1) is 7.72. The predicted octanol–water partition coefficient (Wildman–Crippen LogP) is 1.58. The Labute approximate surface area is 77.7 Å². The van der Waals surface area contributed by atoms with Gasteiger partial charge in [-0.15, -0.1) is 0 Å². The van der Waals surface area contributed by atoms with Crippen LogP contribution in [0, 0.1) is 23.7 Å². The number of rotatable bonds is 0. The molecule has 13 heavy (non-hydrogen) atoms. The SMILES string of the molecule is O=C1C2CCCC(=O)C3C1CCC23. The number of carbonyl (C=O) groups is 2. The Morgan fingerprint density at radius 1 is 1.00 bits per heavy atom. The van der Waals surface area contributed by atoms with Gasteiger partial charge in [-0.25, -0.2) is 0 Å².